The average molecular weight is 549 g/mol. The van der Waals surface area contributed by atoms with Crippen LogP contribution in [-0.4, -0.2) is 42.9 Å². The van der Waals surface area contributed by atoms with Crippen molar-refractivity contribution in [2.75, 3.05) is 6.61 Å². The molecule has 0 saturated heterocycles. The second-order valence-electron chi connectivity index (χ2n) is 13.3. The zero-order valence-corrected chi connectivity index (χ0v) is 24.7. The summed E-state index contributed by atoms with van der Waals surface area (Å²) in [5, 5.41) is 0. The maximum atomic E-state index is 12.3. The molecule has 0 N–H and O–H groups in total. The Kier molecular flexibility index (Phi) is 9.02. The van der Waals surface area contributed by atoms with Crippen LogP contribution in [0.5, 0.6) is 0 Å². The van der Waals surface area contributed by atoms with Crippen molar-refractivity contribution in [3.63, 3.8) is 0 Å². The molecule has 0 radical (unpaired) electrons. The number of hydrogen-bond acceptors (Lipinski definition) is 8. The molecule has 0 aromatic heterocycles. The van der Waals surface area contributed by atoms with Gasteiger partial charge in [-0.15, -0.1) is 0 Å². The molecular weight excluding hydrogens is 500 g/mol. The molecule has 0 spiro atoms. The number of rotatable bonds is 7. The normalized spacial score (nSPS) is 39.8. The number of carbonyl (C=O) groups excluding carboxylic acids is 4. The highest BCUT2D eigenvalue weighted by Crippen LogP contribution is 2.68. The number of carbonyl (C=O) groups is 4. The number of ether oxygens (including phenoxy) is 4. The molecule has 4 aliphatic carbocycles. The van der Waals surface area contributed by atoms with Crippen LogP contribution < -0.4 is 0 Å². The van der Waals surface area contributed by atoms with Crippen LogP contribution in [0.2, 0.25) is 0 Å². The second kappa shape index (κ2) is 11.8. The summed E-state index contributed by atoms with van der Waals surface area (Å²) in [5.41, 5.74) is 0.266. The van der Waals surface area contributed by atoms with Crippen molar-refractivity contribution in [2.24, 2.45) is 46.3 Å². The topological polar surface area (TPSA) is 105 Å². The lowest BCUT2D eigenvalue weighted by molar-refractivity contribution is -0.197. The largest absolute Gasteiger partial charge is 0.516 e. The van der Waals surface area contributed by atoms with Crippen molar-refractivity contribution in [1.29, 1.82) is 0 Å². The standard InChI is InChI=1S/C31H48O8/c1-7-36-29(35)39-27(34)11-8-18(2)23-9-10-24-28-25(13-15-31(23,24)6)30(5)14-12-22(37-19(3)32)16-21(30)17-26(28)38-20(4)33/h18,21-26,28H,7-17H2,1-6H3/t18-,21+,22-,23-,24+,25+,26+,28+,30+,31-/m1/s1. The lowest BCUT2D eigenvalue weighted by Crippen LogP contribution is -2.59. The molecule has 0 bridgehead atoms. The van der Waals surface area contributed by atoms with Crippen LogP contribution in [-0.2, 0) is 33.3 Å². The molecule has 4 rings (SSSR count). The van der Waals surface area contributed by atoms with E-state index >= 15 is 0 Å². The van der Waals surface area contributed by atoms with Gasteiger partial charge in [0.25, 0.3) is 0 Å². The zero-order valence-electron chi connectivity index (χ0n) is 24.7. The molecular formula is C31H48O8. The van der Waals surface area contributed by atoms with Gasteiger partial charge in [-0.1, -0.05) is 20.8 Å². The van der Waals surface area contributed by atoms with Gasteiger partial charge in [0.05, 0.1) is 6.61 Å². The van der Waals surface area contributed by atoms with Crippen molar-refractivity contribution in [3.05, 3.63) is 0 Å². The summed E-state index contributed by atoms with van der Waals surface area (Å²) in [6.45, 7) is 11.9. The van der Waals surface area contributed by atoms with Gasteiger partial charge in [0.2, 0.25) is 0 Å². The van der Waals surface area contributed by atoms with Gasteiger partial charge in [-0.05, 0) is 105 Å². The first kappa shape index (κ1) is 29.9. The van der Waals surface area contributed by atoms with Crippen molar-refractivity contribution in [2.45, 2.75) is 118 Å². The Hall–Kier alpha value is -2.12. The van der Waals surface area contributed by atoms with Crippen LogP contribution in [0.3, 0.4) is 0 Å². The van der Waals surface area contributed by atoms with Crippen LogP contribution in [0.25, 0.3) is 0 Å². The molecule has 0 heterocycles. The minimum absolute atomic E-state index is 0.0452. The maximum Gasteiger partial charge on any atom is 0.516 e. The highest BCUT2D eigenvalue weighted by atomic mass is 16.7. The smallest absolute Gasteiger partial charge is 0.463 e. The van der Waals surface area contributed by atoms with Crippen LogP contribution in [0.15, 0.2) is 0 Å². The van der Waals surface area contributed by atoms with Gasteiger partial charge in [-0.2, -0.15) is 0 Å². The molecule has 8 heteroatoms. The molecule has 4 saturated carbocycles. The third-order valence-corrected chi connectivity index (χ3v) is 11.3. The predicted octanol–water partition coefficient (Wildman–Crippen LogP) is 6.23. The number of fused-ring (bicyclic) bond motifs is 5. The Bertz CT molecular complexity index is 947. The highest BCUT2D eigenvalue weighted by molar-refractivity contribution is 5.81. The second-order valence-corrected chi connectivity index (χ2v) is 13.3. The summed E-state index contributed by atoms with van der Waals surface area (Å²) in [6, 6.07) is 0. The van der Waals surface area contributed by atoms with Gasteiger partial charge in [0, 0.05) is 26.2 Å². The Morgan fingerprint density at radius 3 is 2.21 bits per heavy atom. The summed E-state index contributed by atoms with van der Waals surface area (Å²) >= 11 is 0. The number of hydrogen-bond donors (Lipinski definition) is 0. The van der Waals surface area contributed by atoms with E-state index in [1.807, 2.05) is 0 Å². The van der Waals surface area contributed by atoms with Gasteiger partial charge in [-0.25, -0.2) is 4.79 Å². The van der Waals surface area contributed by atoms with E-state index in [0.29, 0.717) is 41.9 Å². The Labute approximate surface area is 233 Å². The van der Waals surface area contributed by atoms with E-state index in [1.54, 1.807) is 6.92 Å². The third-order valence-electron chi connectivity index (χ3n) is 11.3. The van der Waals surface area contributed by atoms with Crippen LogP contribution in [0, 0.1) is 46.3 Å². The van der Waals surface area contributed by atoms with E-state index in [0.717, 1.165) is 51.4 Å². The molecule has 8 nitrogen and oxygen atoms in total. The summed E-state index contributed by atoms with van der Waals surface area (Å²) in [6.07, 6.45) is 7.84. The summed E-state index contributed by atoms with van der Waals surface area (Å²) in [7, 11) is 0. The molecule has 220 valence electrons. The summed E-state index contributed by atoms with van der Waals surface area (Å²) in [4.78, 5) is 47.6. The Balaban J connectivity index is 1.49. The number of esters is 3. The van der Waals surface area contributed by atoms with E-state index < -0.39 is 12.1 Å². The predicted molar refractivity (Wildman–Crippen MR) is 143 cm³/mol. The minimum atomic E-state index is -0.927. The van der Waals surface area contributed by atoms with Gasteiger partial charge < -0.3 is 18.9 Å². The fourth-order valence-corrected chi connectivity index (χ4v) is 9.65. The molecule has 0 aromatic carbocycles. The Morgan fingerprint density at radius 1 is 0.872 bits per heavy atom. The highest BCUT2D eigenvalue weighted by Gasteiger charge is 2.64. The van der Waals surface area contributed by atoms with E-state index in [9.17, 15) is 19.2 Å². The average Bonchev–Trinajstić information content (AvgIpc) is 3.20. The molecule has 4 fully saturated rings. The van der Waals surface area contributed by atoms with E-state index in [4.69, 9.17) is 18.9 Å². The molecule has 39 heavy (non-hydrogen) atoms. The van der Waals surface area contributed by atoms with Crippen LogP contribution >= 0.6 is 0 Å². The lowest BCUT2D eigenvalue weighted by Gasteiger charge is -2.62. The quantitative estimate of drug-likeness (QED) is 0.209. The summed E-state index contributed by atoms with van der Waals surface area (Å²) < 4.78 is 21.2. The van der Waals surface area contributed by atoms with Gasteiger partial charge in [0.1, 0.15) is 12.2 Å². The molecule has 0 aliphatic heterocycles. The first-order valence-electron chi connectivity index (χ1n) is 15.1. The molecule has 10 atom stereocenters. The summed E-state index contributed by atoms with van der Waals surface area (Å²) in [5.74, 6) is 1.43. The van der Waals surface area contributed by atoms with Crippen molar-refractivity contribution >= 4 is 24.1 Å². The van der Waals surface area contributed by atoms with Crippen molar-refractivity contribution in [1.82, 2.24) is 0 Å². The van der Waals surface area contributed by atoms with Crippen LogP contribution in [0.4, 0.5) is 4.79 Å². The van der Waals surface area contributed by atoms with Gasteiger partial charge in [0.15, 0.2) is 0 Å². The minimum Gasteiger partial charge on any atom is -0.463 e. The third kappa shape index (κ3) is 6.00. The van der Waals surface area contributed by atoms with Crippen molar-refractivity contribution < 1.29 is 38.1 Å². The van der Waals surface area contributed by atoms with Gasteiger partial charge >= 0.3 is 24.1 Å². The van der Waals surface area contributed by atoms with E-state index in [1.165, 1.54) is 13.8 Å². The van der Waals surface area contributed by atoms with Gasteiger partial charge in [-0.3, -0.25) is 14.4 Å². The molecule has 0 amide bonds. The SMILES string of the molecule is CCOC(=O)OC(=O)CC[C@@H](C)[C@H]1CC[C@H]2[C@@H]3[C@@H](OC(C)=O)C[C@@H]4C[C@H](OC(C)=O)CC[C@]4(C)[C@H]3CC[C@]12C. The Morgan fingerprint density at radius 2 is 1.54 bits per heavy atom. The monoisotopic (exact) mass is 548 g/mol. The zero-order chi connectivity index (χ0) is 28.5. The lowest BCUT2D eigenvalue weighted by atomic mass is 9.43. The fourth-order valence-electron chi connectivity index (χ4n) is 9.65. The first-order chi connectivity index (χ1) is 18.4. The maximum absolute atomic E-state index is 12.3. The first-order valence-corrected chi connectivity index (χ1v) is 15.1. The van der Waals surface area contributed by atoms with Crippen LogP contribution in [0.1, 0.15) is 106 Å². The van der Waals surface area contributed by atoms with Crippen molar-refractivity contribution in [3.8, 4) is 0 Å². The van der Waals surface area contributed by atoms with E-state index in [2.05, 4.69) is 20.8 Å². The fraction of sp³-hybridized carbons (Fsp3) is 0.871. The molecule has 0 unspecified atom stereocenters. The molecule has 0 aromatic rings. The van der Waals surface area contributed by atoms with E-state index in [-0.39, 0.29) is 48.0 Å². The molecule has 4 aliphatic rings.